The Kier molecular flexibility index (Phi) is 8.69. The summed E-state index contributed by atoms with van der Waals surface area (Å²) >= 11 is 0. The van der Waals surface area contributed by atoms with Crippen molar-refractivity contribution in [3.63, 3.8) is 0 Å². The first-order valence-corrected chi connectivity index (χ1v) is 8.88. The molecule has 0 bridgehead atoms. The summed E-state index contributed by atoms with van der Waals surface area (Å²) in [5, 5.41) is 3.16. The quantitative estimate of drug-likeness (QED) is 0.793. The van der Waals surface area contributed by atoms with Crippen molar-refractivity contribution in [1.82, 2.24) is 5.32 Å². The van der Waals surface area contributed by atoms with Gasteiger partial charge in [0, 0.05) is 13.1 Å². The molecule has 3 aliphatic rings. The maximum absolute atomic E-state index is 5.01. The smallest absolute Gasteiger partial charge is 0.0898 e. The Bertz CT molecular complexity index is 276. The van der Waals surface area contributed by atoms with E-state index < -0.39 is 0 Å². The van der Waals surface area contributed by atoms with E-state index in [4.69, 9.17) is 4.74 Å². The summed E-state index contributed by atoms with van der Waals surface area (Å²) in [6.45, 7) is 3.83. The maximum Gasteiger partial charge on any atom is 0.0898 e. The fraction of sp³-hybridized carbons (Fsp3) is 0.941. The van der Waals surface area contributed by atoms with Crippen LogP contribution in [0.3, 0.4) is 0 Å². The third-order valence-corrected chi connectivity index (χ3v) is 4.48. The molecule has 0 unspecified atom stereocenters. The molecule has 0 aromatic carbocycles. The van der Waals surface area contributed by atoms with Crippen molar-refractivity contribution in [2.45, 2.75) is 76.3 Å². The fourth-order valence-corrected chi connectivity index (χ4v) is 3.13. The Morgan fingerprint density at radius 1 is 0.714 bits per heavy atom. The summed E-state index contributed by atoms with van der Waals surface area (Å²) in [6.07, 6.45) is 13.2. The number of nitrogens with zero attached hydrogens (tertiary/aromatic N) is 2. The van der Waals surface area contributed by atoms with Crippen molar-refractivity contribution in [1.29, 1.82) is 0 Å². The molecule has 0 radical (unpaired) electrons. The van der Waals surface area contributed by atoms with Gasteiger partial charge in [0.1, 0.15) is 0 Å². The number of ether oxygens (including phenoxy) is 1. The largest absolute Gasteiger partial charge is 0.379 e. The molecule has 0 atom stereocenters. The van der Waals surface area contributed by atoms with Crippen molar-refractivity contribution in [3.8, 4) is 0 Å². The Balaban J connectivity index is 0.000000225. The zero-order valence-corrected chi connectivity index (χ0v) is 13.4. The molecule has 1 N–H and O–H groups in total. The standard InChI is InChI=1S/C13H22N2.C4H9NO/c1-3-7-12(8-4-1)14-11-15-13-9-5-2-6-10-13;1-3-6-4-2-5-1/h12-13H,1-10H2;5H,1-4H2. The molecule has 1 aliphatic heterocycles. The second-order valence-electron chi connectivity index (χ2n) is 6.30. The first kappa shape index (κ1) is 16.7. The molecular weight excluding hydrogens is 262 g/mol. The van der Waals surface area contributed by atoms with Gasteiger partial charge in [-0.1, -0.05) is 38.5 Å². The molecule has 2 aliphatic carbocycles. The van der Waals surface area contributed by atoms with Gasteiger partial charge in [0.25, 0.3) is 0 Å². The molecule has 4 nitrogen and oxygen atoms in total. The molecule has 1 saturated heterocycles. The lowest BCUT2D eigenvalue weighted by Crippen LogP contribution is -2.30. The third-order valence-electron chi connectivity index (χ3n) is 4.48. The summed E-state index contributed by atoms with van der Waals surface area (Å²) in [6, 6.07) is 4.04. The van der Waals surface area contributed by atoms with Gasteiger partial charge in [-0.2, -0.15) is 0 Å². The van der Waals surface area contributed by atoms with Crippen LogP contribution in [-0.4, -0.2) is 44.4 Å². The number of nitrogens with one attached hydrogen (secondary N) is 1. The SMILES string of the molecule is C(=NC1CCCCC1)=NC1CCCCC1.C1COCCN1. The van der Waals surface area contributed by atoms with Crippen LogP contribution >= 0.6 is 0 Å². The molecule has 0 aromatic rings. The first-order chi connectivity index (χ1) is 10.4. The Morgan fingerprint density at radius 3 is 1.52 bits per heavy atom. The van der Waals surface area contributed by atoms with Gasteiger partial charge < -0.3 is 10.1 Å². The fourth-order valence-electron chi connectivity index (χ4n) is 3.13. The van der Waals surface area contributed by atoms with Gasteiger partial charge in [0.15, 0.2) is 0 Å². The van der Waals surface area contributed by atoms with E-state index in [1.807, 2.05) is 0 Å². The summed E-state index contributed by atoms with van der Waals surface area (Å²) < 4.78 is 5.01. The molecule has 3 fully saturated rings. The van der Waals surface area contributed by atoms with Gasteiger partial charge in [-0.05, 0) is 25.7 Å². The van der Waals surface area contributed by atoms with Crippen molar-refractivity contribution in [2.75, 3.05) is 26.3 Å². The van der Waals surface area contributed by atoms with Crippen LogP contribution in [0.5, 0.6) is 0 Å². The second kappa shape index (κ2) is 10.9. The summed E-state index contributed by atoms with van der Waals surface area (Å²) in [4.78, 5) is 8.92. The molecule has 3 rings (SSSR count). The van der Waals surface area contributed by atoms with Crippen molar-refractivity contribution < 1.29 is 4.74 Å². The molecule has 21 heavy (non-hydrogen) atoms. The lowest BCUT2D eigenvalue weighted by atomic mass is 9.96. The number of hydrogen-bond acceptors (Lipinski definition) is 4. The Labute approximate surface area is 129 Å². The average molecular weight is 293 g/mol. The monoisotopic (exact) mass is 293 g/mol. The van der Waals surface area contributed by atoms with Gasteiger partial charge in [-0.15, -0.1) is 0 Å². The highest BCUT2D eigenvalue weighted by Crippen LogP contribution is 2.21. The summed E-state index contributed by atoms with van der Waals surface area (Å²) in [7, 11) is 0. The van der Waals surface area contributed by atoms with E-state index >= 15 is 0 Å². The molecule has 4 heteroatoms. The number of aliphatic imine (C=N–C) groups is 2. The van der Waals surface area contributed by atoms with E-state index in [0.29, 0.717) is 12.1 Å². The minimum Gasteiger partial charge on any atom is -0.379 e. The highest BCUT2D eigenvalue weighted by Gasteiger charge is 2.12. The minimum absolute atomic E-state index is 0.533. The summed E-state index contributed by atoms with van der Waals surface area (Å²) in [5.41, 5.74) is 0. The van der Waals surface area contributed by atoms with Gasteiger partial charge in [0.05, 0.1) is 31.3 Å². The van der Waals surface area contributed by atoms with Gasteiger partial charge >= 0.3 is 0 Å². The molecular formula is C17H31N3O. The topological polar surface area (TPSA) is 46.0 Å². The minimum atomic E-state index is 0.533. The van der Waals surface area contributed by atoms with Crippen molar-refractivity contribution in [3.05, 3.63) is 0 Å². The molecule has 0 aromatic heterocycles. The van der Waals surface area contributed by atoms with Crippen LogP contribution < -0.4 is 5.32 Å². The first-order valence-electron chi connectivity index (χ1n) is 8.88. The number of hydrogen-bond donors (Lipinski definition) is 1. The van der Waals surface area contributed by atoms with Crippen LogP contribution in [0.4, 0.5) is 0 Å². The molecule has 0 amide bonds. The zero-order valence-electron chi connectivity index (χ0n) is 13.4. The predicted octanol–water partition coefficient (Wildman–Crippen LogP) is 3.43. The van der Waals surface area contributed by atoms with Crippen LogP contribution in [0.25, 0.3) is 0 Å². The lowest BCUT2D eigenvalue weighted by Gasteiger charge is -2.17. The van der Waals surface area contributed by atoms with Gasteiger partial charge in [0.2, 0.25) is 0 Å². The van der Waals surface area contributed by atoms with Crippen LogP contribution in [0.2, 0.25) is 0 Å². The molecule has 120 valence electrons. The van der Waals surface area contributed by atoms with E-state index in [1.54, 1.807) is 0 Å². The molecule has 1 heterocycles. The van der Waals surface area contributed by atoms with E-state index in [2.05, 4.69) is 21.3 Å². The number of rotatable bonds is 2. The van der Waals surface area contributed by atoms with Crippen LogP contribution in [0.15, 0.2) is 9.98 Å². The molecule has 2 saturated carbocycles. The van der Waals surface area contributed by atoms with E-state index in [-0.39, 0.29) is 0 Å². The van der Waals surface area contributed by atoms with Crippen molar-refractivity contribution in [2.24, 2.45) is 9.98 Å². The van der Waals surface area contributed by atoms with Gasteiger partial charge in [-0.3, -0.25) is 0 Å². The van der Waals surface area contributed by atoms with Crippen LogP contribution in [0.1, 0.15) is 64.2 Å². The van der Waals surface area contributed by atoms with Crippen LogP contribution in [0, 0.1) is 0 Å². The normalized spacial score (nSPS) is 24.4. The zero-order chi connectivity index (χ0) is 14.6. The highest BCUT2D eigenvalue weighted by atomic mass is 16.5. The lowest BCUT2D eigenvalue weighted by molar-refractivity contribution is 0.109. The second-order valence-corrected chi connectivity index (χ2v) is 6.30. The highest BCUT2D eigenvalue weighted by molar-refractivity contribution is 5.42. The van der Waals surface area contributed by atoms with Gasteiger partial charge in [-0.25, -0.2) is 9.98 Å². The van der Waals surface area contributed by atoms with Crippen LogP contribution in [-0.2, 0) is 4.74 Å². The number of morpholine rings is 1. The average Bonchev–Trinajstić information content (AvgIpc) is 2.59. The van der Waals surface area contributed by atoms with E-state index in [0.717, 1.165) is 26.3 Å². The van der Waals surface area contributed by atoms with E-state index in [1.165, 1.54) is 64.2 Å². The Morgan fingerprint density at radius 2 is 1.19 bits per heavy atom. The van der Waals surface area contributed by atoms with E-state index in [9.17, 15) is 0 Å². The van der Waals surface area contributed by atoms with Crippen molar-refractivity contribution >= 4 is 6.01 Å². The predicted molar refractivity (Wildman–Crippen MR) is 87.3 cm³/mol. The Hall–Kier alpha value is -0.700. The third kappa shape index (κ3) is 7.75. The maximum atomic E-state index is 5.01. The molecule has 0 spiro atoms. The summed E-state index contributed by atoms with van der Waals surface area (Å²) in [5.74, 6) is 0.